The topological polar surface area (TPSA) is 68.5 Å². The number of halogens is 4. The second-order valence-electron chi connectivity index (χ2n) is 7.24. The lowest BCUT2D eigenvalue weighted by molar-refractivity contribution is -0.137. The van der Waals surface area contributed by atoms with Crippen LogP contribution in [0.25, 0.3) is 11.0 Å². The summed E-state index contributed by atoms with van der Waals surface area (Å²) in [5.74, 6) is -0.398. The van der Waals surface area contributed by atoms with E-state index >= 15 is 0 Å². The van der Waals surface area contributed by atoms with Crippen LogP contribution in [-0.2, 0) is 23.8 Å². The second kappa shape index (κ2) is 8.26. The fourth-order valence-electron chi connectivity index (χ4n) is 3.65. The van der Waals surface area contributed by atoms with E-state index in [0.29, 0.717) is 17.6 Å². The third-order valence-electron chi connectivity index (χ3n) is 5.13. The predicted octanol–water partition coefficient (Wildman–Crippen LogP) is 5.36. The molecule has 1 aliphatic carbocycles. The van der Waals surface area contributed by atoms with Crippen LogP contribution in [0.1, 0.15) is 29.5 Å². The molecule has 0 saturated carbocycles. The van der Waals surface area contributed by atoms with Crippen LogP contribution in [0.5, 0.6) is 5.75 Å². The van der Waals surface area contributed by atoms with Gasteiger partial charge < -0.3 is 14.5 Å². The number of anilines is 1. The molecule has 0 saturated heterocycles. The van der Waals surface area contributed by atoms with Crippen molar-refractivity contribution in [3.05, 3.63) is 68.5 Å². The lowest BCUT2D eigenvalue weighted by atomic mass is 9.91. The highest BCUT2D eigenvalue weighted by Gasteiger charge is 2.31. The molecule has 0 fully saturated rings. The predicted molar refractivity (Wildman–Crippen MR) is 110 cm³/mol. The van der Waals surface area contributed by atoms with Gasteiger partial charge in [-0.2, -0.15) is 13.2 Å². The fourth-order valence-corrected chi connectivity index (χ4v) is 3.81. The summed E-state index contributed by atoms with van der Waals surface area (Å²) in [5.41, 5.74) is 0.605. The van der Waals surface area contributed by atoms with Crippen LogP contribution < -0.4 is 15.7 Å². The Morgan fingerprint density at radius 1 is 1.10 bits per heavy atom. The molecule has 0 spiro atoms. The summed E-state index contributed by atoms with van der Waals surface area (Å²) in [6, 6.07) is 7.61. The average molecular weight is 452 g/mol. The monoisotopic (exact) mass is 451 g/mol. The highest BCUT2D eigenvalue weighted by Crippen LogP contribution is 2.34. The Balaban J connectivity index is 1.48. The van der Waals surface area contributed by atoms with Gasteiger partial charge in [0.25, 0.3) is 5.91 Å². The molecule has 1 heterocycles. The zero-order chi connectivity index (χ0) is 22.2. The smallest absolute Gasteiger partial charge is 0.416 e. The van der Waals surface area contributed by atoms with Crippen molar-refractivity contribution in [2.24, 2.45) is 0 Å². The van der Waals surface area contributed by atoms with Crippen molar-refractivity contribution in [1.82, 2.24) is 0 Å². The third-order valence-corrected chi connectivity index (χ3v) is 5.46. The van der Waals surface area contributed by atoms with Crippen LogP contribution in [0.3, 0.4) is 0 Å². The van der Waals surface area contributed by atoms with Crippen molar-refractivity contribution in [3.8, 4) is 5.75 Å². The molecule has 9 heteroatoms. The first kappa shape index (κ1) is 21.2. The minimum Gasteiger partial charge on any atom is -0.484 e. The van der Waals surface area contributed by atoms with Crippen molar-refractivity contribution in [3.63, 3.8) is 0 Å². The number of carbonyl (C=O) groups is 1. The van der Waals surface area contributed by atoms with Crippen LogP contribution in [0.2, 0.25) is 5.02 Å². The standard InChI is InChI=1S/C22H17ClF3NO4/c23-17-8-5-12(22(24,25)26)9-18(17)27-20(28)11-30-13-6-7-15-14-3-1-2-4-16(14)21(29)31-19(15)10-13/h5-10H,1-4,11H2,(H,27,28). The molecule has 0 bridgehead atoms. The summed E-state index contributed by atoms with van der Waals surface area (Å²) < 4.78 is 49.4. The first-order valence-electron chi connectivity index (χ1n) is 9.60. The Bertz CT molecular complexity index is 1220. The van der Waals surface area contributed by atoms with Gasteiger partial charge in [0.15, 0.2) is 6.61 Å². The number of aryl methyl sites for hydroxylation is 1. The van der Waals surface area contributed by atoms with Crippen LogP contribution >= 0.6 is 11.6 Å². The lowest BCUT2D eigenvalue weighted by Crippen LogP contribution is -2.21. The molecule has 1 aromatic heterocycles. The summed E-state index contributed by atoms with van der Waals surface area (Å²) in [7, 11) is 0. The van der Waals surface area contributed by atoms with Crippen molar-refractivity contribution >= 4 is 34.2 Å². The Labute approximate surface area is 179 Å². The summed E-state index contributed by atoms with van der Waals surface area (Å²) in [4.78, 5) is 24.4. The lowest BCUT2D eigenvalue weighted by Gasteiger charge is -2.16. The first-order valence-corrected chi connectivity index (χ1v) is 9.98. The number of alkyl halides is 3. The average Bonchev–Trinajstić information content (AvgIpc) is 2.73. The van der Waals surface area contributed by atoms with E-state index in [1.807, 2.05) is 0 Å². The second-order valence-corrected chi connectivity index (χ2v) is 7.65. The number of ether oxygens (including phenoxy) is 1. The molecule has 0 radical (unpaired) electrons. The molecule has 0 unspecified atom stereocenters. The van der Waals surface area contributed by atoms with E-state index in [2.05, 4.69) is 5.32 Å². The molecule has 3 aromatic rings. The maximum atomic E-state index is 12.9. The van der Waals surface area contributed by atoms with E-state index < -0.39 is 24.3 Å². The van der Waals surface area contributed by atoms with Crippen LogP contribution in [0.15, 0.2) is 45.6 Å². The van der Waals surface area contributed by atoms with E-state index in [1.54, 1.807) is 12.1 Å². The number of rotatable bonds is 4. The summed E-state index contributed by atoms with van der Waals surface area (Å²) in [6.45, 7) is -0.465. The van der Waals surface area contributed by atoms with Gasteiger partial charge in [-0.1, -0.05) is 11.6 Å². The number of nitrogens with one attached hydrogen (secondary N) is 1. The number of benzene rings is 2. The normalized spacial score (nSPS) is 13.7. The van der Waals surface area contributed by atoms with Crippen molar-refractivity contribution < 1.29 is 27.1 Å². The highest BCUT2D eigenvalue weighted by atomic mass is 35.5. The largest absolute Gasteiger partial charge is 0.484 e. The molecule has 4 rings (SSSR count). The Kier molecular flexibility index (Phi) is 5.66. The van der Waals surface area contributed by atoms with Gasteiger partial charge in [-0.05, 0) is 61.6 Å². The van der Waals surface area contributed by atoms with Gasteiger partial charge in [-0.15, -0.1) is 0 Å². The van der Waals surface area contributed by atoms with Gasteiger partial charge in [0.1, 0.15) is 11.3 Å². The summed E-state index contributed by atoms with van der Waals surface area (Å²) in [6.07, 6.45) is -1.10. The molecular formula is C22H17ClF3NO4. The van der Waals surface area contributed by atoms with E-state index in [-0.39, 0.29) is 22.1 Å². The van der Waals surface area contributed by atoms with Gasteiger partial charge in [0.2, 0.25) is 0 Å². The molecule has 1 aliphatic rings. The number of hydrogen-bond donors (Lipinski definition) is 1. The Morgan fingerprint density at radius 2 is 1.84 bits per heavy atom. The zero-order valence-corrected chi connectivity index (χ0v) is 16.9. The van der Waals surface area contributed by atoms with Crippen molar-refractivity contribution in [2.45, 2.75) is 31.9 Å². The molecule has 2 aromatic carbocycles. The van der Waals surface area contributed by atoms with E-state index in [4.69, 9.17) is 20.8 Å². The van der Waals surface area contributed by atoms with Gasteiger partial charge in [-0.3, -0.25) is 4.79 Å². The van der Waals surface area contributed by atoms with E-state index in [9.17, 15) is 22.8 Å². The van der Waals surface area contributed by atoms with Crippen molar-refractivity contribution in [1.29, 1.82) is 0 Å². The van der Waals surface area contributed by atoms with Gasteiger partial charge >= 0.3 is 11.8 Å². The number of hydrogen-bond acceptors (Lipinski definition) is 4. The van der Waals surface area contributed by atoms with Crippen LogP contribution in [0.4, 0.5) is 18.9 Å². The molecule has 162 valence electrons. The van der Waals surface area contributed by atoms with Gasteiger partial charge in [0.05, 0.1) is 16.3 Å². The van der Waals surface area contributed by atoms with E-state index in [0.717, 1.165) is 48.4 Å². The molecule has 31 heavy (non-hydrogen) atoms. The minimum absolute atomic E-state index is 0.0291. The highest BCUT2D eigenvalue weighted by molar-refractivity contribution is 6.33. The Hall–Kier alpha value is -3.00. The number of carbonyl (C=O) groups excluding carboxylic acids is 1. The van der Waals surface area contributed by atoms with E-state index in [1.165, 1.54) is 6.07 Å². The van der Waals surface area contributed by atoms with Crippen LogP contribution in [-0.4, -0.2) is 12.5 Å². The Morgan fingerprint density at radius 3 is 2.58 bits per heavy atom. The summed E-state index contributed by atoms with van der Waals surface area (Å²) in [5, 5.41) is 3.12. The first-order chi connectivity index (χ1) is 14.7. The molecular weight excluding hydrogens is 435 g/mol. The molecule has 0 atom stereocenters. The maximum Gasteiger partial charge on any atom is 0.416 e. The minimum atomic E-state index is -4.56. The molecule has 1 amide bonds. The molecule has 1 N–H and O–H groups in total. The SMILES string of the molecule is O=C(COc1ccc2c3c(c(=O)oc2c1)CCCC3)Nc1cc(C(F)(F)F)ccc1Cl. The number of fused-ring (bicyclic) bond motifs is 3. The maximum absolute atomic E-state index is 12.9. The molecule has 5 nitrogen and oxygen atoms in total. The third kappa shape index (κ3) is 4.54. The fraction of sp³-hybridized carbons (Fsp3) is 0.273. The zero-order valence-electron chi connectivity index (χ0n) is 16.1. The number of amides is 1. The van der Waals surface area contributed by atoms with Gasteiger partial charge in [-0.25, -0.2) is 4.79 Å². The van der Waals surface area contributed by atoms with Crippen molar-refractivity contribution in [2.75, 3.05) is 11.9 Å². The summed E-state index contributed by atoms with van der Waals surface area (Å²) >= 11 is 5.88. The molecule has 0 aliphatic heterocycles. The van der Waals surface area contributed by atoms with Gasteiger partial charge in [0, 0.05) is 17.0 Å². The van der Waals surface area contributed by atoms with Crippen LogP contribution in [0, 0.1) is 0 Å². The quantitative estimate of drug-likeness (QED) is 0.542.